The molecule has 1 heterocycles. The van der Waals surface area contributed by atoms with Crippen molar-refractivity contribution in [3.8, 4) is 0 Å². The molecule has 5 heteroatoms. The van der Waals surface area contributed by atoms with Crippen LogP contribution in [0.1, 0.15) is 21.5 Å². The van der Waals surface area contributed by atoms with Crippen LogP contribution in [0.2, 0.25) is 0 Å². The number of hydrogen-bond acceptors (Lipinski definition) is 3. The van der Waals surface area contributed by atoms with Crippen molar-refractivity contribution in [1.82, 2.24) is 4.90 Å². The fourth-order valence-corrected chi connectivity index (χ4v) is 2.53. The Morgan fingerprint density at radius 1 is 1.08 bits per heavy atom. The van der Waals surface area contributed by atoms with E-state index < -0.39 is 6.09 Å². The lowest BCUT2D eigenvalue weighted by atomic mass is 10.1. The molecule has 2 amide bonds. The Morgan fingerprint density at radius 3 is 2.42 bits per heavy atom. The number of benzene rings is 2. The molecule has 1 aliphatic heterocycles. The Bertz CT molecular complexity index is 823. The molecule has 24 heavy (non-hydrogen) atoms. The van der Waals surface area contributed by atoms with Crippen LogP contribution in [0.4, 0.5) is 10.5 Å². The molecular weight excluding hydrogens is 304 g/mol. The van der Waals surface area contributed by atoms with Crippen LogP contribution in [-0.2, 0) is 4.74 Å². The Morgan fingerprint density at radius 2 is 1.75 bits per heavy atom. The van der Waals surface area contributed by atoms with Crippen molar-refractivity contribution in [3.63, 3.8) is 0 Å². The molecule has 0 saturated carbocycles. The van der Waals surface area contributed by atoms with Crippen LogP contribution in [0.15, 0.2) is 48.5 Å². The Labute approximate surface area is 140 Å². The number of anilines is 1. The van der Waals surface area contributed by atoms with Crippen LogP contribution in [0.5, 0.6) is 0 Å². The molecule has 0 aliphatic carbocycles. The zero-order valence-electron chi connectivity index (χ0n) is 13.8. The molecule has 3 rings (SSSR count). The van der Waals surface area contributed by atoms with E-state index in [4.69, 9.17) is 4.74 Å². The minimum atomic E-state index is -0.417. The molecule has 0 saturated heterocycles. The summed E-state index contributed by atoms with van der Waals surface area (Å²) in [6.07, 6.45) is 1.38. The molecule has 0 atom stereocenters. The molecule has 0 N–H and O–H groups in total. The van der Waals surface area contributed by atoms with Gasteiger partial charge in [-0.25, -0.2) is 4.79 Å². The molecule has 0 unspecified atom stereocenters. The summed E-state index contributed by atoms with van der Waals surface area (Å²) in [5.74, 6) is 0.450. The van der Waals surface area contributed by atoms with E-state index in [0.717, 1.165) is 16.8 Å². The highest BCUT2D eigenvalue weighted by atomic mass is 16.6. The minimum Gasteiger partial charge on any atom is -0.409 e. The quantitative estimate of drug-likeness (QED) is 0.850. The van der Waals surface area contributed by atoms with E-state index in [2.05, 4.69) is 0 Å². The van der Waals surface area contributed by atoms with E-state index in [1.807, 2.05) is 36.4 Å². The fraction of sp³-hybridized carbons (Fsp3) is 0.158. The van der Waals surface area contributed by atoms with Crippen molar-refractivity contribution >= 4 is 29.5 Å². The molecule has 122 valence electrons. The van der Waals surface area contributed by atoms with Crippen LogP contribution in [0.25, 0.3) is 11.8 Å². The van der Waals surface area contributed by atoms with Gasteiger partial charge in [-0.15, -0.1) is 0 Å². The normalized spacial score (nSPS) is 15.0. The lowest BCUT2D eigenvalue weighted by Crippen LogP contribution is -2.31. The summed E-state index contributed by atoms with van der Waals surface area (Å²) < 4.78 is 5.42. The van der Waals surface area contributed by atoms with Gasteiger partial charge < -0.3 is 9.64 Å². The van der Waals surface area contributed by atoms with Gasteiger partial charge in [0.05, 0.1) is 5.69 Å². The number of para-hydroxylation sites is 1. The second kappa shape index (κ2) is 6.20. The van der Waals surface area contributed by atoms with Crippen molar-refractivity contribution in [2.75, 3.05) is 26.0 Å². The topological polar surface area (TPSA) is 49.9 Å². The Hall–Kier alpha value is -3.08. The number of fused-ring (bicyclic) bond motifs is 1. The first-order valence-electron chi connectivity index (χ1n) is 7.56. The minimum absolute atomic E-state index is 0.0507. The molecule has 0 fully saturated rings. The zero-order chi connectivity index (χ0) is 17.3. The van der Waals surface area contributed by atoms with Crippen LogP contribution < -0.4 is 4.90 Å². The monoisotopic (exact) mass is 322 g/mol. The summed E-state index contributed by atoms with van der Waals surface area (Å²) in [5.41, 5.74) is 3.13. The number of amides is 2. The molecule has 2 aromatic carbocycles. The average Bonchev–Trinajstić information content (AvgIpc) is 2.59. The highest BCUT2D eigenvalue weighted by molar-refractivity contribution is 6.01. The number of rotatable bonds is 2. The van der Waals surface area contributed by atoms with E-state index in [-0.39, 0.29) is 5.91 Å². The number of cyclic esters (lactones) is 1. The van der Waals surface area contributed by atoms with Crippen molar-refractivity contribution in [3.05, 3.63) is 65.2 Å². The maximum Gasteiger partial charge on any atom is 0.419 e. The lowest BCUT2D eigenvalue weighted by Gasteiger charge is -2.26. The Balaban J connectivity index is 1.96. The van der Waals surface area contributed by atoms with Gasteiger partial charge in [-0.3, -0.25) is 9.69 Å². The number of carbonyl (C=O) groups is 2. The largest absolute Gasteiger partial charge is 0.419 e. The molecule has 0 spiro atoms. The Kier molecular flexibility index (Phi) is 4.08. The third kappa shape index (κ3) is 2.88. The van der Waals surface area contributed by atoms with Gasteiger partial charge in [0.1, 0.15) is 5.76 Å². The third-order valence-corrected chi connectivity index (χ3v) is 3.86. The molecule has 1 aliphatic rings. The standard InChI is InChI=1S/C19H18N2O3/c1-20(2)18(22)14-10-8-13(9-11-14)12-17-15-6-4-5-7-16(15)21(3)19(23)24-17/h4-12H,1-3H3/b17-12-. The first-order chi connectivity index (χ1) is 11.5. The molecule has 0 aromatic heterocycles. The third-order valence-electron chi connectivity index (χ3n) is 3.86. The summed E-state index contributed by atoms with van der Waals surface area (Å²) in [7, 11) is 5.11. The average molecular weight is 322 g/mol. The second-order valence-corrected chi connectivity index (χ2v) is 5.77. The summed E-state index contributed by atoms with van der Waals surface area (Å²) in [4.78, 5) is 26.9. The van der Waals surface area contributed by atoms with Crippen molar-refractivity contribution in [2.45, 2.75) is 0 Å². The smallest absolute Gasteiger partial charge is 0.409 e. The van der Waals surface area contributed by atoms with Gasteiger partial charge in [0.15, 0.2) is 0 Å². The van der Waals surface area contributed by atoms with Crippen LogP contribution in [-0.4, -0.2) is 38.0 Å². The number of carbonyl (C=O) groups excluding carboxylic acids is 2. The molecule has 5 nitrogen and oxygen atoms in total. The summed E-state index contributed by atoms with van der Waals surface area (Å²) in [6.45, 7) is 0. The maximum absolute atomic E-state index is 12.0. The predicted octanol–water partition coefficient (Wildman–Crippen LogP) is 3.47. The second-order valence-electron chi connectivity index (χ2n) is 5.77. The number of hydrogen-bond donors (Lipinski definition) is 0. The molecular formula is C19H18N2O3. The lowest BCUT2D eigenvalue weighted by molar-refractivity contribution is 0.0827. The highest BCUT2D eigenvalue weighted by Crippen LogP contribution is 2.34. The molecule has 0 radical (unpaired) electrons. The first-order valence-corrected chi connectivity index (χ1v) is 7.56. The number of ether oxygens (including phenoxy) is 1. The summed E-state index contributed by atoms with van der Waals surface area (Å²) in [5, 5.41) is 0. The van der Waals surface area contributed by atoms with E-state index in [1.54, 1.807) is 39.4 Å². The van der Waals surface area contributed by atoms with Crippen molar-refractivity contribution < 1.29 is 14.3 Å². The maximum atomic E-state index is 12.0. The van der Waals surface area contributed by atoms with Gasteiger partial charge in [-0.1, -0.05) is 24.3 Å². The predicted molar refractivity (Wildman–Crippen MR) is 93.7 cm³/mol. The first kappa shape index (κ1) is 15.8. The molecule has 2 aromatic rings. The highest BCUT2D eigenvalue weighted by Gasteiger charge is 2.25. The zero-order valence-corrected chi connectivity index (χ0v) is 13.8. The van der Waals surface area contributed by atoms with Gasteiger partial charge in [0.2, 0.25) is 0 Å². The SMILES string of the molecule is CN(C)C(=O)c1ccc(/C=C2\OC(=O)N(C)c3ccccc32)cc1. The van der Waals surface area contributed by atoms with E-state index in [9.17, 15) is 9.59 Å². The van der Waals surface area contributed by atoms with Gasteiger partial charge in [-0.05, 0) is 35.9 Å². The summed E-state index contributed by atoms with van der Waals surface area (Å²) in [6, 6.07) is 14.8. The van der Waals surface area contributed by atoms with Crippen molar-refractivity contribution in [2.24, 2.45) is 0 Å². The molecule has 0 bridgehead atoms. The van der Waals surface area contributed by atoms with E-state index in [1.165, 1.54) is 9.80 Å². The van der Waals surface area contributed by atoms with Crippen LogP contribution in [0.3, 0.4) is 0 Å². The van der Waals surface area contributed by atoms with E-state index in [0.29, 0.717) is 11.3 Å². The van der Waals surface area contributed by atoms with Crippen LogP contribution >= 0.6 is 0 Å². The van der Waals surface area contributed by atoms with Gasteiger partial charge in [0.25, 0.3) is 5.91 Å². The van der Waals surface area contributed by atoms with Gasteiger partial charge in [-0.2, -0.15) is 0 Å². The van der Waals surface area contributed by atoms with Gasteiger partial charge in [0, 0.05) is 32.3 Å². The van der Waals surface area contributed by atoms with Crippen LogP contribution in [0, 0.1) is 0 Å². The summed E-state index contributed by atoms with van der Waals surface area (Å²) >= 11 is 0. The van der Waals surface area contributed by atoms with Gasteiger partial charge >= 0.3 is 6.09 Å². The number of nitrogens with zero attached hydrogens (tertiary/aromatic N) is 2. The van der Waals surface area contributed by atoms with Crippen molar-refractivity contribution in [1.29, 1.82) is 0 Å². The fourth-order valence-electron chi connectivity index (χ4n) is 2.53. The van der Waals surface area contributed by atoms with E-state index >= 15 is 0 Å².